The molecule has 0 heterocycles. The molecular formula is C22H29FN2O4. The van der Waals surface area contributed by atoms with Crippen molar-refractivity contribution < 1.29 is 23.8 Å². The second-order valence-electron chi connectivity index (χ2n) is 7.14. The number of amides is 2. The van der Waals surface area contributed by atoms with Gasteiger partial charge in [0.05, 0.1) is 26.4 Å². The van der Waals surface area contributed by atoms with Gasteiger partial charge in [-0.05, 0) is 48.6 Å². The normalized spacial score (nSPS) is 11.8. The van der Waals surface area contributed by atoms with E-state index in [1.807, 2.05) is 0 Å². The van der Waals surface area contributed by atoms with Crippen LogP contribution in [0.3, 0.4) is 0 Å². The van der Waals surface area contributed by atoms with E-state index in [9.17, 15) is 14.3 Å². The van der Waals surface area contributed by atoms with Gasteiger partial charge in [0.1, 0.15) is 5.82 Å². The number of urea groups is 1. The second kappa shape index (κ2) is 11.3. The molecule has 29 heavy (non-hydrogen) atoms. The Hall–Kier alpha value is -2.80. The van der Waals surface area contributed by atoms with Gasteiger partial charge in [-0.3, -0.25) is 0 Å². The summed E-state index contributed by atoms with van der Waals surface area (Å²) in [5.74, 6) is 1.36. The summed E-state index contributed by atoms with van der Waals surface area (Å²) in [5, 5.41) is 14.9. The minimum atomic E-state index is -0.652. The first kappa shape index (κ1) is 22.5. The lowest BCUT2D eigenvalue weighted by molar-refractivity contribution is 0.225. The standard InChI is InChI=1S/C22H29FN2O4/c1-15(2)5-4-12-29-21-13-18(10-11-20(21)28-3)24-22(27)25-19(14-26)16-6-8-17(23)9-7-16/h6-11,13,15,19,26H,4-5,12,14H2,1-3H3,(H2,24,25,27)/t19-/m0/s1. The van der Waals surface area contributed by atoms with Gasteiger partial charge in [-0.15, -0.1) is 0 Å². The monoisotopic (exact) mass is 404 g/mol. The zero-order valence-electron chi connectivity index (χ0n) is 17.1. The maximum absolute atomic E-state index is 13.1. The third-order valence-corrected chi connectivity index (χ3v) is 4.37. The molecule has 0 spiro atoms. The Labute approximate surface area is 171 Å². The first-order chi connectivity index (χ1) is 13.9. The molecule has 0 aliphatic rings. The maximum Gasteiger partial charge on any atom is 0.319 e. The van der Waals surface area contributed by atoms with Crippen LogP contribution < -0.4 is 20.1 Å². The number of methoxy groups -OCH3 is 1. The fourth-order valence-electron chi connectivity index (χ4n) is 2.80. The number of hydrogen-bond donors (Lipinski definition) is 3. The van der Waals surface area contributed by atoms with E-state index in [2.05, 4.69) is 24.5 Å². The third-order valence-electron chi connectivity index (χ3n) is 4.37. The molecule has 0 aliphatic carbocycles. The number of carbonyl (C=O) groups is 1. The van der Waals surface area contributed by atoms with E-state index < -0.39 is 12.1 Å². The van der Waals surface area contributed by atoms with Crippen molar-refractivity contribution >= 4 is 11.7 Å². The number of nitrogens with one attached hydrogen (secondary N) is 2. The van der Waals surface area contributed by atoms with Crippen LogP contribution in [0, 0.1) is 11.7 Å². The largest absolute Gasteiger partial charge is 0.493 e. The minimum Gasteiger partial charge on any atom is -0.493 e. The summed E-state index contributed by atoms with van der Waals surface area (Å²) in [6.07, 6.45) is 1.99. The average molecular weight is 404 g/mol. The Balaban J connectivity index is 1.99. The molecular weight excluding hydrogens is 375 g/mol. The zero-order valence-corrected chi connectivity index (χ0v) is 17.1. The SMILES string of the molecule is COc1ccc(NC(=O)N[C@@H](CO)c2ccc(F)cc2)cc1OCCCC(C)C. The van der Waals surface area contributed by atoms with Crippen molar-refractivity contribution in [1.29, 1.82) is 0 Å². The molecule has 2 rings (SSSR count). The topological polar surface area (TPSA) is 79.8 Å². The second-order valence-corrected chi connectivity index (χ2v) is 7.14. The molecule has 3 N–H and O–H groups in total. The quantitative estimate of drug-likeness (QED) is 0.509. The average Bonchev–Trinajstić information content (AvgIpc) is 2.70. The molecule has 0 aromatic heterocycles. The van der Waals surface area contributed by atoms with E-state index in [0.29, 0.717) is 35.3 Å². The Morgan fingerprint density at radius 1 is 1.14 bits per heavy atom. The fraction of sp³-hybridized carbons (Fsp3) is 0.409. The van der Waals surface area contributed by atoms with Gasteiger partial charge in [-0.1, -0.05) is 26.0 Å². The van der Waals surface area contributed by atoms with Gasteiger partial charge in [-0.2, -0.15) is 0 Å². The molecule has 2 amide bonds. The number of halogens is 1. The summed E-state index contributed by atoms with van der Waals surface area (Å²) in [6.45, 7) is 4.57. The lowest BCUT2D eigenvalue weighted by Gasteiger charge is -2.18. The summed E-state index contributed by atoms with van der Waals surface area (Å²) < 4.78 is 24.2. The lowest BCUT2D eigenvalue weighted by Crippen LogP contribution is -2.34. The van der Waals surface area contributed by atoms with E-state index in [0.717, 1.165) is 12.8 Å². The van der Waals surface area contributed by atoms with Crippen LogP contribution in [0.15, 0.2) is 42.5 Å². The van der Waals surface area contributed by atoms with Crippen molar-refractivity contribution in [3.05, 3.63) is 53.8 Å². The number of ether oxygens (including phenoxy) is 2. The summed E-state index contributed by atoms with van der Waals surface area (Å²) in [4.78, 5) is 12.3. The highest BCUT2D eigenvalue weighted by Crippen LogP contribution is 2.30. The van der Waals surface area contributed by atoms with Gasteiger partial charge in [0.25, 0.3) is 0 Å². The number of anilines is 1. The number of rotatable bonds is 10. The van der Waals surface area contributed by atoms with E-state index in [1.54, 1.807) is 25.3 Å². The number of aliphatic hydroxyl groups excluding tert-OH is 1. The molecule has 2 aromatic rings. The molecule has 0 aliphatic heterocycles. The van der Waals surface area contributed by atoms with E-state index in [4.69, 9.17) is 9.47 Å². The van der Waals surface area contributed by atoms with Crippen molar-refractivity contribution in [3.63, 3.8) is 0 Å². The minimum absolute atomic E-state index is 0.314. The summed E-state index contributed by atoms with van der Waals surface area (Å²) in [5.41, 5.74) is 1.13. The van der Waals surface area contributed by atoms with Crippen LogP contribution in [0.5, 0.6) is 11.5 Å². The van der Waals surface area contributed by atoms with E-state index in [-0.39, 0.29) is 12.4 Å². The highest BCUT2D eigenvalue weighted by Gasteiger charge is 2.15. The lowest BCUT2D eigenvalue weighted by atomic mass is 10.1. The van der Waals surface area contributed by atoms with E-state index >= 15 is 0 Å². The molecule has 158 valence electrons. The molecule has 0 fully saturated rings. The Bertz CT molecular complexity index is 781. The van der Waals surface area contributed by atoms with Crippen molar-refractivity contribution in [2.45, 2.75) is 32.7 Å². The Morgan fingerprint density at radius 3 is 2.48 bits per heavy atom. The van der Waals surface area contributed by atoms with Crippen molar-refractivity contribution in [1.82, 2.24) is 5.32 Å². The van der Waals surface area contributed by atoms with Gasteiger partial charge < -0.3 is 25.2 Å². The van der Waals surface area contributed by atoms with Gasteiger partial charge >= 0.3 is 6.03 Å². The molecule has 0 radical (unpaired) electrons. The van der Waals surface area contributed by atoms with Crippen LogP contribution >= 0.6 is 0 Å². The summed E-state index contributed by atoms with van der Waals surface area (Å²) >= 11 is 0. The van der Waals surface area contributed by atoms with Gasteiger partial charge in [0.15, 0.2) is 11.5 Å². The molecule has 0 saturated carbocycles. The van der Waals surface area contributed by atoms with Crippen molar-refractivity contribution in [2.24, 2.45) is 5.92 Å². The first-order valence-electron chi connectivity index (χ1n) is 9.67. The van der Waals surface area contributed by atoms with Crippen LogP contribution in [0.25, 0.3) is 0 Å². The molecule has 7 heteroatoms. The van der Waals surface area contributed by atoms with Crippen molar-refractivity contribution in [3.8, 4) is 11.5 Å². The number of benzene rings is 2. The molecule has 0 saturated heterocycles. The zero-order chi connectivity index (χ0) is 21.2. The predicted octanol–water partition coefficient (Wildman–Crippen LogP) is 4.50. The van der Waals surface area contributed by atoms with E-state index in [1.165, 1.54) is 24.3 Å². The molecule has 0 bridgehead atoms. The molecule has 6 nitrogen and oxygen atoms in total. The van der Waals surface area contributed by atoms with Crippen LogP contribution in [0.4, 0.5) is 14.9 Å². The van der Waals surface area contributed by atoms with Crippen LogP contribution in [-0.2, 0) is 0 Å². The highest BCUT2D eigenvalue weighted by molar-refractivity contribution is 5.90. The van der Waals surface area contributed by atoms with Gasteiger partial charge in [-0.25, -0.2) is 9.18 Å². The van der Waals surface area contributed by atoms with Crippen LogP contribution in [0.1, 0.15) is 38.3 Å². The fourth-order valence-corrected chi connectivity index (χ4v) is 2.80. The van der Waals surface area contributed by atoms with Crippen LogP contribution in [-0.4, -0.2) is 31.5 Å². The highest BCUT2D eigenvalue weighted by atomic mass is 19.1. The molecule has 2 aromatic carbocycles. The predicted molar refractivity (Wildman–Crippen MR) is 111 cm³/mol. The maximum atomic E-state index is 13.1. The first-order valence-corrected chi connectivity index (χ1v) is 9.67. The van der Waals surface area contributed by atoms with Gasteiger partial charge in [0.2, 0.25) is 0 Å². The van der Waals surface area contributed by atoms with Gasteiger partial charge in [0, 0.05) is 11.8 Å². The van der Waals surface area contributed by atoms with Crippen LogP contribution in [0.2, 0.25) is 0 Å². The summed E-state index contributed by atoms with van der Waals surface area (Å²) in [6, 6.07) is 9.57. The smallest absolute Gasteiger partial charge is 0.319 e. The Morgan fingerprint density at radius 2 is 1.86 bits per heavy atom. The molecule has 1 atom stereocenters. The summed E-state index contributed by atoms with van der Waals surface area (Å²) in [7, 11) is 1.56. The number of hydrogen-bond acceptors (Lipinski definition) is 4. The third kappa shape index (κ3) is 7.27. The van der Waals surface area contributed by atoms with Crippen molar-refractivity contribution in [2.75, 3.05) is 25.6 Å². The molecule has 0 unspecified atom stereocenters. The number of aliphatic hydroxyl groups is 1. The number of carbonyl (C=O) groups excluding carboxylic acids is 1. The Kier molecular flexibility index (Phi) is 8.73.